The lowest BCUT2D eigenvalue weighted by molar-refractivity contribution is -0.123. The molecule has 92 valence electrons. The van der Waals surface area contributed by atoms with Gasteiger partial charge in [-0.05, 0) is 19.8 Å². The highest BCUT2D eigenvalue weighted by Gasteiger charge is 2.39. The number of piperidine rings is 1. The minimum atomic E-state index is 0.433. The second kappa shape index (κ2) is 4.22. The van der Waals surface area contributed by atoms with E-state index in [1.165, 1.54) is 12.8 Å². The fraction of sp³-hybridized carbons (Fsp3) is 0.750. The van der Waals surface area contributed by atoms with Gasteiger partial charge in [0.05, 0.1) is 0 Å². The standard InChI is InChI=1S/C12H17N3O2/c1-8-13-12(17-14-8)4-5-15-9-2-3-10(15)7-11(16)6-9/h9-10H,2-7H2,1H3. The highest BCUT2D eigenvalue weighted by molar-refractivity contribution is 5.80. The Morgan fingerprint density at radius 1 is 1.35 bits per heavy atom. The van der Waals surface area contributed by atoms with Crippen LogP contribution >= 0.6 is 0 Å². The lowest BCUT2D eigenvalue weighted by Crippen LogP contribution is -2.44. The molecule has 0 radical (unpaired) electrons. The lowest BCUT2D eigenvalue weighted by Gasteiger charge is -2.33. The van der Waals surface area contributed by atoms with Crippen molar-refractivity contribution in [1.29, 1.82) is 0 Å². The van der Waals surface area contributed by atoms with Crippen molar-refractivity contribution in [2.75, 3.05) is 6.54 Å². The first-order valence-electron chi connectivity index (χ1n) is 6.29. The topological polar surface area (TPSA) is 59.2 Å². The summed E-state index contributed by atoms with van der Waals surface area (Å²) in [7, 11) is 0. The third-order valence-corrected chi connectivity index (χ3v) is 3.85. The van der Waals surface area contributed by atoms with E-state index in [4.69, 9.17) is 4.52 Å². The number of hydrogen-bond acceptors (Lipinski definition) is 5. The maximum atomic E-state index is 11.5. The zero-order chi connectivity index (χ0) is 11.8. The minimum Gasteiger partial charge on any atom is -0.339 e. The molecule has 2 aliphatic heterocycles. The number of rotatable bonds is 3. The first-order chi connectivity index (χ1) is 8.22. The zero-order valence-corrected chi connectivity index (χ0v) is 10.1. The second-order valence-electron chi connectivity index (χ2n) is 5.06. The van der Waals surface area contributed by atoms with E-state index in [1.807, 2.05) is 6.92 Å². The van der Waals surface area contributed by atoms with Gasteiger partial charge >= 0.3 is 0 Å². The highest BCUT2D eigenvalue weighted by Crippen LogP contribution is 2.33. The maximum Gasteiger partial charge on any atom is 0.227 e. The van der Waals surface area contributed by atoms with Gasteiger partial charge in [0.15, 0.2) is 5.82 Å². The Bertz CT molecular complexity index is 413. The number of carbonyl (C=O) groups excluding carboxylic acids is 1. The van der Waals surface area contributed by atoms with Gasteiger partial charge in [-0.15, -0.1) is 0 Å². The number of fused-ring (bicyclic) bond motifs is 2. The van der Waals surface area contributed by atoms with Gasteiger partial charge in [0.1, 0.15) is 5.78 Å². The molecule has 0 amide bonds. The molecule has 0 spiro atoms. The molecule has 0 N–H and O–H groups in total. The normalized spacial score (nSPS) is 28.9. The third kappa shape index (κ3) is 2.11. The molecule has 2 bridgehead atoms. The van der Waals surface area contributed by atoms with Crippen LogP contribution in [0.3, 0.4) is 0 Å². The molecule has 1 aromatic heterocycles. The fourth-order valence-corrected chi connectivity index (χ4v) is 3.09. The molecule has 5 heteroatoms. The van der Waals surface area contributed by atoms with E-state index in [9.17, 15) is 4.79 Å². The maximum absolute atomic E-state index is 11.5. The second-order valence-corrected chi connectivity index (χ2v) is 5.06. The zero-order valence-electron chi connectivity index (χ0n) is 10.1. The molecule has 2 atom stereocenters. The summed E-state index contributed by atoms with van der Waals surface area (Å²) in [6, 6.07) is 0.926. The Balaban J connectivity index is 1.61. The van der Waals surface area contributed by atoms with Crippen LogP contribution in [0.15, 0.2) is 4.52 Å². The van der Waals surface area contributed by atoms with Crippen LogP contribution in [0, 0.1) is 6.92 Å². The van der Waals surface area contributed by atoms with Crippen molar-refractivity contribution >= 4 is 5.78 Å². The van der Waals surface area contributed by atoms with Crippen LogP contribution in [-0.2, 0) is 11.2 Å². The first kappa shape index (κ1) is 10.9. The van der Waals surface area contributed by atoms with E-state index < -0.39 is 0 Å². The third-order valence-electron chi connectivity index (χ3n) is 3.85. The number of aryl methyl sites for hydroxylation is 1. The van der Waals surface area contributed by atoms with Crippen LogP contribution in [0.4, 0.5) is 0 Å². The predicted molar refractivity (Wildman–Crippen MR) is 60.5 cm³/mol. The van der Waals surface area contributed by atoms with Crippen LogP contribution in [0.2, 0.25) is 0 Å². The van der Waals surface area contributed by atoms with Crippen molar-refractivity contribution in [3.05, 3.63) is 11.7 Å². The molecule has 2 aliphatic rings. The number of Topliss-reactive ketones (excluding diaryl/α,β-unsaturated/α-hetero) is 1. The van der Waals surface area contributed by atoms with E-state index in [2.05, 4.69) is 15.0 Å². The predicted octanol–water partition coefficient (Wildman–Crippen LogP) is 1.12. The smallest absolute Gasteiger partial charge is 0.227 e. The van der Waals surface area contributed by atoms with Crippen LogP contribution < -0.4 is 0 Å². The summed E-state index contributed by atoms with van der Waals surface area (Å²) >= 11 is 0. The fourth-order valence-electron chi connectivity index (χ4n) is 3.09. The Labute approximate surface area is 100 Å². The monoisotopic (exact) mass is 235 g/mol. The van der Waals surface area contributed by atoms with E-state index in [0.29, 0.717) is 29.6 Å². The SMILES string of the molecule is Cc1noc(CCN2C3CCC2CC(=O)C3)n1. The molecule has 0 aromatic carbocycles. The average molecular weight is 235 g/mol. The summed E-state index contributed by atoms with van der Waals surface area (Å²) in [4.78, 5) is 18.1. The van der Waals surface area contributed by atoms with Crippen LogP contribution in [0.5, 0.6) is 0 Å². The summed E-state index contributed by atoms with van der Waals surface area (Å²) in [6.45, 7) is 2.76. The molecular formula is C12H17N3O2. The van der Waals surface area contributed by atoms with Gasteiger partial charge in [-0.25, -0.2) is 0 Å². The van der Waals surface area contributed by atoms with E-state index in [0.717, 1.165) is 25.8 Å². The van der Waals surface area contributed by atoms with Crippen molar-refractivity contribution in [3.8, 4) is 0 Å². The van der Waals surface area contributed by atoms with Gasteiger partial charge in [-0.1, -0.05) is 5.16 Å². The Morgan fingerprint density at radius 3 is 2.65 bits per heavy atom. The average Bonchev–Trinajstić information content (AvgIpc) is 2.79. The van der Waals surface area contributed by atoms with Crippen LogP contribution in [-0.4, -0.2) is 39.5 Å². The number of hydrogen-bond donors (Lipinski definition) is 0. The lowest BCUT2D eigenvalue weighted by atomic mass is 10.0. The Hall–Kier alpha value is -1.23. The van der Waals surface area contributed by atoms with Gasteiger partial charge in [-0.3, -0.25) is 9.69 Å². The van der Waals surface area contributed by atoms with Crippen molar-refractivity contribution in [1.82, 2.24) is 15.0 Å². The van der Waals surface area contributed by atoms with E-state index >= 15 is 0 Å². The molecule has 0 saturated carbocycles. The van der Waals surface area contributed by atoms with Gasteiger partial charge in [-0.2, -0.15) is 4.98 Å². The summed E-state index contributed by atoms with van der Waals surface area (Å²) < 4.78 is 5.11. The van der Waals surface area contributed by atoms with Crippen molar-refractivity contribution < 1.29 is 9.32 Å². The quantitative estimate of drug-likeness (QED) is 0.785. The van der Waals surface area contributed by atoms with E-state index in [1.54, 1.807) is 0 Å². The van der Waals surface area contributed by atoms with Gasteiger partial charge < -0.3 is 4.52 Å². The molecule has 3 rings (SSSR count). The number of carbonyl (C=O) groups is 1. The molecule has 5 nitrogen and oxygen atoms in total. The molecular weight excluding hydrogens is 218 g/mol. The van der Waals surface area contributed by atoms with Crippen molar-refractivity contribution in [3.63, 3.8) is 0 Å². The molecule has 3 heterocycles. The number of ketones is 1. The number of aromatic nitrogens is 2. The van der Waals surface area contributed by atoms with Gasteiger partial charge in [0.25, 0.3) is 0 Å². The minimum absolute atomic E-state index is 0.433. The molecule has 17 heavy (non-hydrogen) atoms. The van der Waals surface area contributed by atoms with E-state index in [-0.39, 0.29) is 0 Å². The van der Waals surface area contributed by atoms with Gasteiger partial charge in [0, 0.05) is 37.9 Å². The largest absolute Gasteiger partial charge is 0.339 e. The Morgan fingerprint density at radius 2 is 2.06 bits per heavy atom. The summed E-state index contributed by atoms with van der Waals surface area (Å²) in [5.41, 5.74) is 0. The first-order valence-corrected chi connectivity index (χ1v) is 6.29. The van der Waals surface area contributed by atoms with Gasteiger partial charge in [0.2, 0.25) is 5.89 Å². The van der Waals surface area contributed by atoms with Crippen molar-refractivity contribution in [2.24, 2.45) is 0 Å². The summed E-state index contributed by atoms with van der Waals surface area (Å²) in [5.74, 6) is 1.83. The highest BCUT2D eigenvalue weighted by atomic mass is 16.5. The van der Waals surface area contributed by atoms with Crippen molar-refractivity contribution in [2.45, 2.75) is 51.1 Å². The molecule has 2 unspecified atom stereocenters. The Kier molecular flexibility index (Phi) is 2.70. The molecule has 2 fully saturated rings. The summed E-state index contributed by atoms with van der Waals surface area (Å²) in [5, 5.41) is 3.79. The molecule has 2 saturated heterocycles. The van der Waals surface area contributed by atoms with Crippen LogP contribution in [0.25, 0.3) is 0 Å². The molecule has 1 aromatic rings. The number of nitrogens with zero attached hydrogens (tertiary/aromatic N) is 3. The molecule has 0 aliphatic carbocycles. The van der Waals surface area contributed by atoms with Crippen LogP contribution in [0.1, 0.15) is 37.4 Å². The summed E-state index contributed by atoms with van der Waals surface area (Å²) in [6.07, 6.45) is 4.60.